The number of halogens is 1. The highest BCUT2D eigenvalue weighted by molar-refractivity contribution is 5.66. The number of ether oxygens (including phenoxy) is 1. The summed E-state index contributed by atoms with van der Waals surface area (Å²) in [6, 6.07) is 6.97. The molecule has 0 N–H and O–H groups in total. The SMILES string of the molecule is COc1ncc(-c2ccc(F)cc2)cc1[N+](=O)[O-]. The highest BCUT2D eigenvalue weighted by Gasteiger charge is 2.17. The first kappa shape index (κ1) is 12.0. The molecule has 2 aromatic rings. The Labute approximate surface area is 102 Å². The van der Waals surface area contributed by atoms with Crippen molar-refractivity contribution >= 4 is 5.69 Å². The van der Waals surface area contributed by atoms with Crippen LogP contribution in [0, 0.1) is 15.9 Å². The van der Waals surface area contributed by atoms with Crippen LogP contribution in [0.4, 0.5) is 10.1 Å². The van der Waals surface area contributed by atoms with Crippen molar-refractivity contribution in [3.8, 4) is 17.0 Å². The normalized spacial score (nSPS) is 10.1. The van der Waals surface area contributed by atoms with Gasteiger partial charge in [0, 0.05) is 17.8 Å². The number of hydrogen-bond donors (Lipinski definition) is 0. The average Bonchev–Trinajstić information content (AvgIpc) is 2.39. The molecule has 6 heteroatoms. The maximum absolute atomic E-state index is 12.8. The summed E-state index contributed by atoms with van der Waals surface area (Å²) in [5.41, 5.74) is 0.955. The lowest BCUT2D eigenvalue weighted by molar-refractivity contribution is -0.386. The first-order valence-corrected chi connectivity index (χ1v) is 5.06. The Morgan fingerprint density at radius 3 is 2.50 bits per heavy atom. The number of rotatable bonds is 3. The summed E-state index contributed by atoms with van der Waals surface area (Å²) in [6.45, 7) is 0. The number of nitrogens with zero attached hydrogens (tertiary/aromatic N) is 2. The first-order chi connectivity index (χ1) is 8.61. The van der Waals surface area contributed by atoms with E-state index in [4.69, 9.17) is 4.74 Å². The zero-order valence-electron chi connectivity index (χ0n) is 9.46. The largest absolute Gasteiger partial charge is 0.476 e. The second kappa shape index (κ2) is 4.79. The van der Waals surface area contributed by atoms with Crippen LogP contribution in [0.25, 0.3) is 11.1 Å². The van der Waals surface area contributed by atoms with E-state index in [2.05, 4.69) is 4.98 Å². The fourth-order valence-corrected chi connectivity index (χ4v) is 1.53. The molecular formula is C12H9FN2O3. The number of nitro groups is 1. The summed E-state index contributed by atoms with van der Waals surface area (Å²) in [7, 11) is 1.31. The lowest BCUT2D eigenvalue weighted by Gasteiger charge is -2.04. The zero-order chi connectivity index (χ0) is 13.1. The van der Waals surface area contributed by atoms with Crippen LogP contribution in [0.1, 0.15) is 0 Å². The van der Waals surface area contributed by atoms with E-state index in [-0.39, 0.29) is 17.4 Å². The van der Waals surface area contributed by atoms with Crippen molar-refractivity contribution in [3.05, 3.63) is 52.5 Å². The van der Waals surface area contributed by atoms with Crippen LogP contribution in [0.2, 0.25) is 0 Å². The molecule has 0 aliphatic carbocycles. The standard InChI is InChI=1S/C12H9FN2O3/c1-18-12-11(15(16)17)6-9(7-14-12)8-2-4-10(13)5-3-8/h2-7H,1H3. The molecule has 1 heterocycles. The molecule has 0 atom stereocenters. The molecule has 0 saturated heterocycles. The third-order valence-electron chi connectivity index (χ3n) is 2.40. The summed E-state index contributed by atoms with van der Waals surface area (Å²) < 4.78 is 17.6. The van der Waals surface area contributed by atoms with E-state index in [9.17, 15) is 14.5 Å². The lowest BCUT2D eigenvalue weighted by Crippen LogP contribution is -1.96. The third kappa shape index (κ3) is 2.27. The van der Waals surface area contributed by atoms with E-state index in [1.54, 1.807) is 0 Å². The van der Waals surface area contributed by atoms with Gasteiger partial charge in [0.05, 0.1) is 12.0 Å². The van der Waals surface area contributed by atoms with E-state index < -0.39 is 4.92 Å². The van der Waals surface area contributed by atoms with Crippen LogP contribution < -0.4 is 4.74 Å². The number of methoxy groups -OCH3 is 1. The van der Waals surface area contributed by atoms with Gasteiger partial charge in [-0.25, -0.2) is 9.37 Å². The van der Waals surface area contributed by atoms with Crippen molar-refractivity contribution in [2.45, 2.75) is 0 Å². The predicted molar refractivity (Wildman–Crippen MR) is 62.8 cm³/mol. The van der Waals surface area contributed by atoms with Gasteiger partial charge in [-0.2, -0.15) is 0 Å². The summed E-state index contributed by atoms with van der Waals surface area (Å²) >= 11 is 0. The fraction of sp³-hybridized carbons (Fsp3) is 0.0833. The maximum Gasteiger partial charge on any atom is 0.331 e. The van der Waals surface area contributed by atoms with Crippen LogP contribution >= 0.6 is 0 Å². The molecular weight excluding hydrogens is 239 g/mol. The minimum Gasteiger partial charge on any atom is -0.476 e. The van der Waals surface area contributed by atoms with Gasteiger partial charge in [0.25, 0.3) is 5.88 Å². The summed E-state index contributed by atoms with van der Waals surface area (Å²) in [4.78, 5) is 14.1. The molecule has 0 unspecified atom stereocenters. The lowest BCUT2D eigenvalue weighted by atomic mass is 10.1. The summed E-state index contributed by atoms with van der Waals surface area (Å²) in [6.07, 6.45) is 1.44. The zero-order valence-corrected chi connectivity index (χ0v) is 9.46. The maximum atomic E-state index is 12.8. The Kier molecular flexibility index (Phi) is 3.18. The van der Waals surface area contributed by atoms with Gasteiger partial charge in [-0.3, -0.25) is 10.1 Å². The van der Waals surface area contributed by atoms with Gasteiger partial charge in [0.2, 0.25) is 0 Å². The average molecular weight is 248 g/mol. The second-order valence-corrected chi connectivity index (χ2v) is 3.52. The Morgan fingerprint density at radius 2 is 1.94 bits per heavy atom. The molecule has 0 radical (unpaired) electrons. The van der Waals surface area contributed by atoms with Crippen molar-refractivity contribution in [1.29, 1.82) is 0 Å². The Bertz CT molecular complexity index is 584. The van der Waals surface area contributed by atoms with Gasteiger partial charge < -0.3 is 4.74 Å². The van der Waals surface area contributed by atoms with Gasteiger partial charge in [-0.15, -0.1) is 0 Å². The number of pyridine rings is 1. The van der Waals surface area contributed by atoms with Gasteiger partial charge in [-0.1, -0.05) is 12.1 Å². The molecule has 0 spiro atoms. The number of benzene rings is 1. The van der Waals surface area contributed by atoms with Crippen LogP contribution in [-0.2, 0) is 0 Å². The van der Waals surface area contributed by atoms with E-state index in [1.165, 1.54) is 43.6 Å². The third-order valence-corrected chi connectivity index (χ3v) is 2.40. The predicted octanol–water partition coefficient (Wildman–Crippen LogP) is 2.80. The van der Waals surface area contributed by atoms with Gasteiger partial charge in [0.1, 0.15) is 5.82 Å². The topological polar surface area (TPSA) is 65.3 Å². The van der Waals surface area contributed by atoms with Crippen molar-refractivity contribution < 1.29 is 14.1 Å². The van der Waals surface area contributed by atoms with Crippen LogP contribution in [-0.4, -0.2) is 17.0 Å². The minimum atomic E-state index is -0.571. The van der Waals surface area contributed by atoms with E-state index in [0.29, 0.717) is 11.1 Å². The van der Waals surface area contributed by atoms with Crippen LogP contribution in [0.5, 0.6) is 5.88 Å². The van der Waals surface area contributed by atoms with E-state index in [0.717, 1.165) is 0 Å². The highest BCUT2D eigenvalue weighted by atomic mass is 19.1. The highest BCUT2D eigenvalue weighted by Crippen LogP contribution is 2.29. The smallest absolute Gasteiger partial charge is 0.331 e. The Morgan fingerprint density at radius 1 is 1.28 bits per heavy atom. The van der Waals surface area contributed by atoms with Gasteiger partial charge in [-0.05, 0) is 17.7 Å². The Balaban J connectivity index is 2.49. The molecule has 0 fully saturated rings. The van der Waals surface area contributed by atoms with Crippen molar-refractivity contribution in [2.24, 2.45) is 0 Å². The second-order valence-electron chi connectivity index (χ2n) is 3.52. The minimum absolute atomic E-state index is 0.0501. The molecule has 1 aromatic heterocycles. The van der Waals surface area contributed by atoms with E-state index >= 15 is 0 Å². The van der Waals surface area contributed by atoms with Crippen LogP contribution in [0.3, 0.4) is 0 Å². The molecule has 0 aliphatic rings. The number of hydrogen-bond acceptors (Lipinski definition) is 4. The fourth-order valence-electron chi connectivity index (χ4n) is 1.53. The monoisotopic (exact) mass is 248 g/mol. The molecule has 0 amide bonds. The van der Waals surface area contributed by atoms with Gasteiger partial charge >= 0.3 is 5.69 Å². The molecule has 0 aliphatic heterocycles. The molecule has 2 rings (SSSR count). The molecule has 1 aromatic carbocycles. The Hall–Kier alpha value is -2.50. The summed E-state index contributed by atoms with van der Waals surface area (Å²) in [5.74, 6) is -0.416. The molecule has 0 bridgehead atoms. The molecule has 0 saturated carbocycles. The van der Waals surface area contributed by atoms with Crippen LogP contribution in [0.15, 0.2) is 36.5 Å². The van der Waals surface area contributed by atoms with Crippen molar-refractivity contribution in [2.75, 3.05) is 7.11 Å². The van der Waals surface area contributed by atoms with Crippen molar-refractivity contribution in [1.82, 2.24) is 4.98 Å². The quantitative estimate of drug-likeness (QED) is 0.618. The first-order valence-electron chi connectivity index (χ1n) is 5.06. The van der Waals surface area contributed by atoms with Gasteiger partial charge in [0.15, 0.2) is 0 Å². The molecule has 18 heavy (non-hydrogen) atoms. The molecule has 5 nitrogen and oxygen atoms in total. The number of aromatic nitrogens is 1. The molecule has 92 valence electrons. The van der Waals surface area contributed by atoms with E-state index in [1.807, 2.05) is 0 Å². The van der Waals surface area contributed by atoms with Crippen molar-refractivity contribution in [3.63, 3.8) is 0 Å². The summed E-state index contributed by atoms with van der Waals surface area (Å²) in [5, 5.41) is 10.8.